The summed E-state index contributed by atoms with van der Waals surface area (Å²) in [6.45, 7) is 4.70. The molecule has 3 N–H and O–H groups in total. The predicted octanol–water partition coefficient (Wildman–Crippen LogP) is 4.32. The maximum atomic E-state index is 12.7. The van der Waals surface area contributed by atoms with Crippen LogP contribution in [0.25, 0.3) is 0 Å². The molecule has 0 aliphatic rings. The van der Waals surface area contributed by atoms with E-state index >= 15 is 0 Å². The van der Waals surface area contributed by atoms with Gasteiger partial charge >= 0.3 is 0 Å². The number of hydrogen-bond acceptors (Lipinski definition) is 4. The Morgan fingerprint density at radius 2 is 1.57 bits per heavy atom. The fourth-order valence-electron chi connectivity index (χ4n) is 2.85. The molecule has 0 saturated carbocycles. The number of primary amides is 1. The molecule has 0 unspecified atom stereocenters. The fourth-order valence-corrected chi connectivity index (χ4v) is 2.85. The molecule has 6 heteroatoms. The number of aryl methyl sites for hydroxylation is 1. The summed E-state index contributed by atoms with van der Waals surface area (Å²) in [4.78, 5) is 23.9. The molecule has 0 atom stereocenters. The summed E-state index contributed by atoms with van der Waals surface area (Å²) in [6, 6.07) is 19.4. The highest BCUT2D eigenvalue weighted by atomic mass is 16.5. The zero-order valence-electron chi connectivity index (χ0n) is 17.0. The molecule has 0 radical (unpaired) electrons. The van der Waals surface area contributed by atoms with Gasteiger partial charge in [0.2, 0.25) is 5.91 Å². The van der Waals surface area contributed by atoms with E-state index in [4.69, 9.17) is 15.2 Å². The second-order valence-electron chi connectivity index (χ2n) is 6.75. The van der Waals surface area contributed by atoms with Crippen LogP contribution < -0.4 is 20.5 Å². The highest BCUT2D eigenvalue weighted by molar-refractivity contribution is 6.04. The highest BCUT2D eigenvalue weighted by Crippen LogP contribution is 2.24. The van der Waals surface area contributed by atoms with Crippen molar-refractivity contribution in [3.05, 3.63) is 89.0 Å². The van der Waals surface area contributed by atoms with Crippen LogP contribution >= 0.6 is 0 Å². The van der Waals surface area contributed by atoms with Gasteiger partial charge in [0, 0.05) is 22.4 Å². The van der Waals surface area contributed by atoms with Crippen LogP contribution in [0.4, 0.5) is 5.69 Å². The van der Waals surface area contributed by atoms with Crippen LogP contribution in [0.3, 0.4) is 0 Å². The van der Waals surface area contributed by atoms with E-state index in [1.807, 2.05) is 38.1 Å². The minimum absolute atomic E-state index is 0.271. The van der Waals surface area contributed by atoms with E-state index in [1.165, 1.54) is 0 Å². The molecule has 6 nitrogen and oxygen atoms in total. The van der Waals surface area contributed by atoms with E-state index in [0.29, 0.717) is 29.2 Å². The molecule has 0 bridgehead atoms. The van der Waals surface area contributed by atoms with Crippen LogP contribution in [0.2, 0.25) is 0 Å². The first-order valence-corrected chi connectivity index (χ1v) is 9.62. The largest absolute Gasteiger partial charge is 0.493 e. The first-order chi connectivity index (χ1) is 14.5. The Labute approximate surface area is 175 Å². The topological polar surface area (TPSA) is 90.6 Å². The van der Waals surface area contributed by atoms with Crippen LogP contribution in [0, 0.1) is 6.92 Å². The van der Waals surface area contributed by atoms with E-state index < -0.39 is 5.91 Å². The average molecular weight is 404 g/mol. The number of carbonyl (C=O) groups is 2. The van der Waals surface area contributed by atoms with Gasteiger partial charge in [-0.15, -0.1) is 0 Å². The van der Waals surface area contributed by atoms with Crippen molar-refractivity contribution >= 4 is 17.5 Å². The molecule has 0 aliphatic heterocycles. The number of ether oxygens (including phenoxy) is 2. The third kappa shape index (κ3) is 5.38. The minimum atomic E-state index is -0.516. The van der Waals surface area contributed by atoms with E-state index in [1.54, 1.807) is 42.5 Å². The van der Waals surface area contributed by atoms with Crippen LogP contribution in [-0.2, 0) is 6.61 Å². The van der Waals surface area contributed by atoms with Gasteiger partial charge in [0.25, 0.3) is 5.91 Å². The van der Waals surface area contributed by atoms with Gasteiger partial charge in [-0.2, -0.15) is 0 Å². The Bertz CT molecular complexity index is 1030. The van der Waals surface area contributed by atoms with Crippen molar-refractivity contribution in [2.75, 3.05) is 11.9 Å². The van der Waals surface area contributed by atoms with Crippen molar-refractivity contribution in [1.82, 2.24) is 0 Å². The van der Waals surface area contributed by atoms with Crippen molar-refractivity contribution in [3.8, 4) is 11.5 Å². The van der Waals surface area contributed by atoms with Gasteiger partial charge in [-0.25, -0.2) is 0 Å². The van der Waals surface area contributed by atoms with Gasteiger partial charge in [0.1, 0.15) is 18.1 Å². The number of benzene rings is 3. The fraction of sp³-hybridized carbons (Fsp3) is 0.167. The van der Waals surface area contributed by atoms with E-state index in [9.17, 15) is 9.59 Å². The summed E-state index contributed by atoms with van der Waals surface area (Å²) in [7, 11) is 0. The molecule has 154 valence electrons. The van der Waals surface area contributed by atoms with Gasteiger partial charge in [-0.05, 0) is 68.4 Å². The number of anilines is 1. The zero-order valence-corrected chi connectivity index (χ0v) is 17.0. The SMILES string of the molecule is CCOc1ccc(C(=O)Nc2ccc(C(N)=O)cc2)cc1COc1ccc(C)cc1. The maximum Gasteiger partial charge on any atom is 0.255 e. The molecule has 0 aromatic heterocycles. The molecular formula is C24H24N2O4. The van der Waals surface area contributed by atoms with Crippen LogP contribution in [0.15, 0.2) is 66.7 Å². The van der Waals surface area contributed by atoms with Crippen LogP contribution in [0.1, 0.15) is 38.8 Å². The highest BCUT2D eigenvalue weighted by Gasteiger charge is 2.12. The first-order valence-electron chi connectivity index (χ1n) is 9.62. The Kier molecular flexibility index (Phi) is 6.70. The summed E-state index contributed by atoms with van der Waals surface area (Å²) in [5.41, 5.74) is 8.58. The molecule has 0 heterocycles. The van der Waals surface area contributed by atoms with Gasteiger partial charge in [0.15, 0.2) is 0 Å². The average Bonchev–Trinajstić information content (AvgIpc) is 2.74. The lowest BCUT2D eigenvalue weighted by atomic mass is 10.1. The molecule has 0 fully saturated rings. The van der Waals surface area contributed by atoms with Gasteiger partial charge < -0.3 is 20.5 Å². The molecule has 0 spiro atoms. The molecule has 2 amide bonds. The van der Waals surface area contributed by atoms with E-state index in [-0.39, 0.29) is 12.5 Å². The summed E-state index contributed by atoms with van der Waals surface area (Å²) < 4.78 is 11.5. The van der Waals surface area contributed by atoms with Crippen molar-refractivity contribution in [2.45, 2.75) is 20.5 Å². The summed E-state index contributed by atoms with van der Waals surface area (Å²) in [6.07, 6.45) is 0. The lowest BCUT2D eigenvalue weighted by Gasteiger charge is -2.14. The minimum Gasteiger partial charge on any atom is -0.493 e. The van der Waals surface area contributed by atoms with Gasteiger partial charge in [-0.1, -0.05) is 17.7 Å². The second kappa shape index (κ2) is 9.60. The van der Waals surface area contributed by atoms with Crippen molar-refractivity contribution in [2.24, 2.45) is 5.73 Å². The summed E-state index contributed by atoms with van der Waals surface area (Å²) >= 11 is 0. The molecular weight excluding hydrogens is 380 g/mol. The molecule has 0 saturated heterocycles. The number of nitrogens with one attached hydrogen (secondary N) is 1. The monoisotopic (exact) mass is 404 g/mol. The number of rotatable bonds is 8. The van der Waals surface area contributed by atoms with Gasteiger partial charge in [-0.3, -0.25) is 9.59 Å². The molecule has 3 rings (SSSR count). The van der Waals surface area contributed by atoms with Gasteiger partial charge in [0.05, 0.1) is 6.61 Å². The molecule has 30 heavy (non-hydrogen) atoms. The number of hydrogen-bond donors (Lipinski definition) is 2. The Balaban J connectivity index is 1.75. The standard InChI is InChI=1S/C24H24N2O4/c1-3-29-22-13-8-18(14-19(22)15-30-21-11-4-16(2)5-12-21)24(28)26-20-9-6-17(7-10-20)23(25)27/h4-14H,3,15H2,1-2H3,(H2,25,27)(H,26,28). The second-order valence-corrected chi connectivity index (χ2v) is 6.75. The van der Waals surface area contributed by atoms with Crippen LogP contribution in [-0.4, -0.2) is 18.4 Å². The smallest absolute Gasteiger partial charge is 0.255 e. The van der Waals surface area contributed by atoms with Crippen molar-refractivity contribution in [1.29, 1.82) is 0 Å². The third-order valence-corrected chi connectivity index (χ3v) is 4.47. The van der Waals surface area contributed by atoms with E-state index in [0.717, 1.165) is 16.9 Å². The Morgan fingerprint density at radius 1 is 0.900 bits per heavy atom. The zero-order chi connectivity index (χ0) is 21.5. The molecule has 0 aliphatic carbocycles. The molecule has 3 aromatic carbocycles. The van der Waals surface area contributed by atoms with Crippen LogP contribution in [0.5, 0.6) is 11.5 Å². The first kappa shape index (κ1) is 20.9. The van der Waals surface area contributed by atoms with E-state index in [2.05, 4.69) is 5.32 Å². The Hall–Kier alpha value is -3.80. The Morgan fingerprint density at radius 3 is 2.20 bits per heavy atom. The maximum absolute atomic E-state index is 12.7. The van der Waals surface area contributed by atoms with Crippen molar-refractivity contribution in [3.63, 3.8) is 0 Å². The number of amides is 2. The summed E-state index contributed by atoms with van der Waals surface area (Å²) in [5, 5.41) is 2.81. The lowest BCUT2D eigenvalue weighted by molar-refractivity contribution is 0.0998. The normalized spacial score (nSPS) is 10.3. The summed E-state index contributed by atoms with van der Waals surface area (Å²) in [5.74, 6) is 0.624. The van der Waals surface area contributed by atoms with Crippen molar-refractivity contribution < 1.29 is 19.1 Å². The number of carbonyl (C=O) groups excluding carboxylic acids is 2. The third-order valence-electron chi connectivity index (χ3n) is 4.47. The number of nitrogens with two attached hydrogens (primary N) is 1. The molecule has 3 aromatic rings. The predicted molar refractivity (Wildman–Crippen MR) is 116 cm³/mol. The lowest BCUT2D eigenvalue weighted by Crippen LogP contribution is -2.14. The quantitative estimate of drug-likeness (QED) is 0.585.